The van der Waals surface area contributed by atoms with Crippen molar-refractivity contribution in [2.75, 3.05) is 26.2 Å². The summed E-state index contributed by atoms with van der Waals surface area (Å²) in [5.41, 5.74) is 0. The van der Waals surface area contributed by atoms with Crippen LogP contribution in [0.15, 0.2) is 28.7 Å². The lowest BCUT2D eigenvalue weighted by molar-refractivity contribution is 0.240. The van der Waals surface area contributed by atoms with Gasteiger partial charge in [0.05, 0.1) is 6.61 Å². The maximum atomic E-state index is 5.74. The van der Waals surface area contributed by atoms with E-state index in [2.05, 4.69) is 20.8 Å². The van der Waals surface area contributed by atoms with E-state index >= 15 is 0 Å². The molecule has 1 aliphatic rings. The Hall–Kier alpha value is -0.540. The summed E-state index contributed by atoms with van der Waals surface area (Å²) in [5, 5.41) is 0. The molecule has 0 saturated carbocycles. The van der Waals surface area contributed by atoms with Crippen molar-refractivity contribution in [1.82, 2.24) is 4.90 Å². The summed E-state index contributed by atoms with van der Waals surface area (Å²) in [6.45, 7) is 4.55. The molecule has 1 aromatic rings. The molecule has 18 heavy (non-hydrogen) atoms. The van der Waals surface area contributed by atoms with Gasteiger partial charge >= 0.3 is 0 Å². The first-order chi connectivity index (χ1) is 8.84. The van der Waals surface area contributed by atoms with Gasteiger partial charge in [-0.25, -0.2) is 0 Å². The lowest BCUT2D eigenvalue weighted by atomic mass is 10.2. The monoisotopic (exact) mass is 311 g/mol. The highest BCUT2D eigenvalue weighted by Crippen LogP contribution is 2.16. The van der Waals surface area contributed by atoms with Gasteiger partial charge < -0.3 is 9.64 Å². The zero-order valence-corrected chi connectivity index (χ0v) is 12.5. The van der Waals surface area contributed by atoms with Crippen LogP contribution >= 0.6 is 15.9 Å². The van der Waals surface area contributed by atoms with Crippen molar-refractivity contribution in [3.8, 4) is 5.75 Å². The molecule has 1 saturated heterocycles. The van der Waals surface area contributed by atoms with Gasteiger partial charge in [0.15, 0.2) is 0 Å². The third-order valence-corrected chi connectivity index (χ3v) is 3.93. The maximum Gasteiger partial charge on any atom is 0.119 e. The Morgan fingerprint density at radius 1 is 1.00 bits per heavy atom. The van der Waals surface area contributed by atoms with Crippen LogP contribution in [-0.2, 0) is 0 Å². The number of hydrogen-bond acceptors (Lipinski definition) is 2. The predicted octanol–water partition coefficient (Wildman–Crippen LogP) is 4.09. The number of hydrogen-bond donors (Lipinski definition) is 0. The standard InChI is InChI=1S/C15H22BrNO/c16-14-6-8-15(9-7-14)18-13-5-12-17-10-3-1-2-4-11-17/h6-9H,1-5,10-13H2. The minimum atomic E-state index is 0.818. The van der Waals surface area contributed by atoms with Crippen molar-refractivity contribution < 1.29 is 4.74 Å². The number of rotatable bonds is 5. The molecule has 2 rings (SSSR count). The average molecular weight is 312 g/mol. The van der Waals surface area contributed by atoms with Crippen LogP contribution in [0.5, 0.6) is 5.75 Å². The van der Waals surface area contributed by atoms with Gasteiger partial charge in [0.25, 0.3) is 0 Å². The Labute approximate surface area is 118 Å². The maximum absolute atomic E-state index is 5.74. The van der Waals surface area contributed by atoms with Crippen molar-refractivity contribution in [2.24, 2.45) is 0 Å². The van der Waals surface area contributed by atoms with E-state index in [0.717, 1.165) is 23.2 Å². The molecule has 0 N–H and O–H groups in total. The third kappa shape index (κ3) is 4.99. The largest absolute Gasteiger partial charge is 0.494 e. The first-order valence-electron chi connectivity index (χ1n) is 6.95. The van der Waals surface area contributed by atoms with Crippen molar-refractivity contribution >= 4 is 15.9 Å². The van der Waals surface area contributed by atoms with Crippen molar-refractivity contribution in [3.05, 3.63) is 28.7 Å². The molecule has 1 aliphatic heterocycles. The Morgan fingerprint density at radius 2 is 1.67 bits per heavy atom. The normalized spacial score (nSPS) is 17.4. The third-order valence-electron chi connectivity index (χ3n) is 3.40. The summed E-state index contributed by atoms with van der Waals surface area (Å²) in [6.07, 6.45) is 6.68. The Kier molecular flexibility index (Phi) is 6.01. The van der Waals surface area contributed by atoms with Crippen LogP contribution in [0.2, 0.25) is 0 Å². The van der Waals surface area contributed by atoms with E-state index < -0.39 is 0 Å². The van der Waals surface area contributed by atoms with Crippen LogP contribution in [-0.4, -0.2) is 31.1 Å². The highest BCUT2D eigenvalue weighted by molar-refractivity contribution is 9.10. The first kappa shape index (κ1) is 13.9. The van der Waals surface area contributed by atoms with Crippen LogP contribution in [0.3, 0.4) is 0 Å². The van der Waals surface area contributed by atoms with Gasteiger partial charge in [-0.2, -0.15) is 0 Å². The molecular formula is C15H22BrNO. The van der Waals surface area contributed by atoms with Gasteiger partial charge in [0, 0.05) is 11.0 Å². The van der Waals surface area contributed by atoms with E-state index in [1.54, 1.807) is 0 Å². The number of halogens is 1. The molecule has 3 heteroatoms. The highest BCUT2D eigenvalue weighted by Gasteiger charge is 2.07. The molecular weight excluding hydrogens is 290 g/mol. The highest BCUT2D eigenvalue weighted by atomic mass is 79.9. The van der Waals surface area contributed by atoms with Gasteiger partial charge in [0.2, 0.25) is 0 Å². The number of nitrogens with zero attached hydrogens (tertiary/aromatic N) is 1. The summed E-state index contributed by atoms with van der Waals surface area (Å²) < 4.78 is 6.83. The summed E-state index contributed by atoms with van der Waals surface area (Å²) in [4.78, 5) is 2.58. The molecule has 0 spiro atoms. The lowest BCUT2D eigenvalue weighted by Crippen LogP contribution is -2.26. The molecule has 2 nitrogen and oxygen atoms in total. The summed E-state index contributed by atoms with van der Waals surface area (Å²) in [6, 6.07) is 8.06. The Morgan fingerprint density at radius 3 is 2.33 bits per heavy atom. The van der Waals surface area contributed by atoms with E-state index in [-0.39, 0.29) is 0 Å². The van der Waals surface area contributed by atoms with Crippen LogP contribution in [0.1, 0.15) is 32.1 Å². The van der Waals surface area contributed by atoms with E-state index in [9.17, 15) is 0 Å². The molecule has 0 atom stereocenters. The van der Waals surface area contributed by atoms with E-state index in [0.29, 0.717) is 0 Å². The van der Waals surface area contributed by atoms with Gasteiger partial charge in [0.1, 0.15) is 5.75 Å². The van der Waals surface area contributed by atoms with Crippen LogP contribution in [0.4, 0.5) is 0 Å². The van der Waals surface area contributed by atoms with E-state index in [1.165, 1.54) is 45.3 Å². The van der Waals surface area contributed by atoms with Crippen molar-refractivity contribution in [3.63, 3.8) is 0 Å². The zero-order chi connectivity index (χ0) is 12.6. The summed E-state index contributed by atoms with van der Waals surface area (Å²) in [5.74, 6) is 0.967. The summed E-state index contributed by atoms with van der Waals surface area (Å²) in [7, 11) is 0. The minimum absolute atomic E-state index is 0.818. The van der Waals surface area contributed by atoms with Gasteiger partial charge in [-0.1, -0.05) is 28.8 Å². The van der Waals surface area contributed by atoms with Crippen LogP contribution in [0.25, 0.3) is 0 Å². The van der Waals surface area contributed by atoms with E-state index in [4.69, 9.17) is 4.74 Å². The number of likely N-dealkylation sites (tertiary alicyclic amines) is 1. The van der Waals surface area contributed by atoms with Crippen LogP contribution in [0, 0.1) is 0 Å². The Balaban J connectivity index is 1.61. The molecule has 0 aliphatic carbocycles. The van der Waals surface area contributed by atoms with Crippen LogP contribution < -0.4 is 4.74 Å². The molecule has 0 bridgehead atoms. The number of benzene rings is 1. The molecule has 1 heterocycles. The summed E-state index contributed by atoms with van der Waals surface area (Å²) >= 11 is 3.42. The van der Waals surface area contributed by atoms with Crippen molar-refractivity contribution in [2.45, 2.75) is 32.1 Å². The smallest absolute Gasteiger partial charge is 0.119 e. The predicted molar refractivity (Wildman–Crippen MR) is 79.2 cm³/mol. The fraction of sp³-hybridized carbons (Fsp3) is 0.600. The molecule has 1 fully saturated rings. The fourth-order valence-electron chi connectivity index (χ4n) is 2.37. The minimum Gasteiger partial charge on any atom is -0.494 e. The molecule has 0 radical (unpaired) electrons. The average Bonchev–Trinajstić information content (AvgIpc) is 2.65. The molecule has 0 unspecified atom stereocenters. The Bertz CT molecular complexity index is 331. The topological polar surface area (TPSA) is 12.5 Å². The molecule has 1 aromatic carbocycles. The molecule has 100 valence electrons. The number of ether oxygens (including phenoxy) is 1. The van der Waals surface area contributed by atoms with Gasteiger partial charge in [-0.15, -0.1) is 0 Å². The second-order valence-electron chi connectivity index (χ2n) is 4.91. The molecule has 0 amide bonds. The second-order valence-corrected chi connectivity index (χ2v) is 5.83. The SMILES string of the molecule is Brc1ccc(OCCCN2CCCCCC2)cc1. The second kappa shape index (κ2) is 7.80. The first-order valence-corrected chi connectivity index (χ1v) is 7.74. The van der Waals surface area contributed by atoms with Gasteiger partial charge in [-0.05, 0) is 56.6 Å². The lowest BCUT2D eigenvalue weighted by Gasteiger charge is -2.19. The van der Waals surface area contributed by atoms with Crippen molar-refractivity contribution in [1.29, 1.82) is 0 Å². The van der Waals surface area contributed by atoms with E-state index in [1.807, 2.05) is 24.3 Å². The quantitative estimate of drug-likeness (QED) is 0.759. The molecule has 0 aromatic heterocycles. The zero-order valence-electron chi connectivity index (χ0n) is 10.9. The fourth-order valence-corrected chi connectivity index (χ4v) is 2.63. The van der Waals surface area contributed by atoms with Gasteiger partial charge in [-0.3, -0.25) is 0 Å².